The van der Waals surface area contributed by atoms with Crippen LogP contribution in [0.2, 0.25) is 0 Å². The Morgan fingerprint density at radius 2 is 1.90 bits per heavy atom. The SMILES string of the molecule is CC(C)(C)c1ccc(C2(CC=C[N+](=O)[O-])COC2)cc1. The Hall–Kier alpha value is -1.68. The lowest BCUT2D eigenvalue weighted by atomic mass is 9.75. The minimum atomic E-state index is -0.421. The van der Waals surface area contributed by atoms with Crippen molar-refractivity contribution < 1.29 is 9.66 Å². The van der Waals surface area contributed by atoms with Crippen LogP contribution in [0.1, 0.15) is 38.3 Å². The fourth-order valence-electron chi connectivity index (χ4n) is 2.44. The van der Waals surface area contributed by atoms with Crippen molar-refractivity contribution in [2.45, 2.75) is 38.0 Å². The molecule has 0 spiro atoms. The Morgan fingerprint density at radius 1 is 1.30 bits per heavy atom. The molecule has 0 bridgehead atoms. The summed E-state index contributed by atoms with van der Waals surface area (Å²) in [5.41, 5.74) is 2.53. The fourth-order valence-corrected chi connectivity index (χ4v) is 2.44. The second-order valence-corrected chi connectivity index (χ2v) is 6.47. The largest absolute Gasteiger partial charge is 0.379 e. The zero-order valence-corrected chi connectivity index (χ0v) is 12.3. The average molecular weight is 275 g/mol. The standard InChI is InChI=1S/C16H21NO3/c1-15(2,3)13-5-7-14(8-6-13)16(11-20-12-16)9-4-10-17(18)19/h4-8,10H,9,11-12H2,1-3H3. The molecule has 4 heteroatoms. The predicted molar refractivity (Wildman–Crippen MR) is 78.4 cm³/mol. The molecule has 1 saturated heterocycles. The van der Waals surface area contributed by atoms with Crippen LogP contribution >= 0.6 is 0 Å². The fraction of sp³-hybridized carbons (Fsp3) is 0.500. The Bertz CT molecular complexity index is 508. The summed E-state index contributed by atoms with van der Waals surface area (Å²) in [5.74, 6) is 0. The molecule has 4 nitrogen and oxygen atoms in total. The van der Waals surface area contributed by atoms with Crippen molar-refractivity contribution in [3.8, 4) is 0 Å². The molecular formula is C16H21NO3. The minimum Gasteiger partial charge on any atom is -0.379 e. The van der Waals surface area contributed by atoms with Crippen molar-refractivity contribution in [2.24, 2.45) is 0 Å². The summed E-state index contributed by atoms with van der Waals surface area (Å²) < 4.78 is 5.34. The van der Waals surface area contributed by atoms with Gasteiger partial charge in [0.25, 0.3) is 0 Å². The van der Waals surface area contributed by atoms with E-state index in [0.717, 1.165) is 6.20 Å². The molecule has 1 aromatic carbocycles. The van der Waals surface area contributed by atoms with Gasteiger partial charge in [-0.1, -0.05) is 45.0 Å². The second-order valence-electron chi connectivity index (χ2n) is 6.47. The molecule has 0 aromatic heterocycles. The van der Waals surface area contributed by atoms with Crippen molar-refractivity contribution in [3.05, 3.63) is 57.8 Å². The number of nitro groups is 1. The van der Waals surface area contributed by atoms with E-state index in [1.165, 1.54) is 11.1 Å². The van der Waals surface area contributed by atoms with Crippen LogP contribution in [0.15, 0.2) is 36.5 Å². The molecule has 0 saturated carbocycles. The van der Waals surface area contributed by atoms with Crippen molar-refractivity contribution >= 4 is 0 Å². The Morgan fingerprint density at radius 3 is 2.30 bits per heavy atom. The van der Waals surface area contributed by atoms with Crippen LogP contribution in [-0.2, 0) is 15.6 Å². The lowest BCUT2D eigenvalue weighted by Crippen LogP contribution is -2.46. The van der Waals surface area contributed by atoms with Crippen LogP contribution in [0, 0.1) is 10.1 Å². The maximum absolute atomic E-state index is 10.4. The molecule has 0 aliphatic carbocycles. The molecule has 108 valence electrons. The van der Waals surface area contributed by atoms with E-state index in [0.29, 0.717) is 19.6 Å². The number of hydrogen-bond acceptors (Lipinski definition) is 3. The Labute approximate surface area is 119 Å². The Kier molecular flexibility index (Phi) is 3.95. The molecule has 1 aliphatic rings. The number of nitrogens with zero attached hydrogens (tertiary/aromatic N) is 1. The molecule has 1 heterocycles. The van der Waals surface area contributed by atoms with Gasteiger partial charge in [0.05, 0.1) is 18.1 Å². The third-order valence-corrected chi connectivity index (χ3v) is 3.86. The average Bonchev–Trinajstić information content (AvgIpc) is 2.31. The summed E-state index contributed by atoms with van der Waals surface area (Å²) in [6, 6.07) is 8.55. The third-order valence-electron chi connectivity index (χ3n) is 3.86. The molecule has 0 atom stereocenters. The molecular weight excluding hydrogens is 254 g/mol. The summed E-state index contributed by atoms with van der Waals surface area (Å²) >= 11 is 0. The minimum absolute atomic E-state index is 0.0943. The van der Waals surface area contributed by atoms with E-state index in [4.69, 9.17) is 4.74 Å². The van der Waals surface area contributed by atoms with Crippen LogP contribution in [-0.4, -0.2) is 18.1 Å². The van der Waals surface area contributed by atoms with Crippen LogP contribution in [0.25, 0.3) is 0 Å². The van der Waals surface area contributed by atoms with Gasteiger partial charge in [0.2, 0.25) is 6.20 Å². The highest BCUT2D eigenvalue weighted by atomic mass is 16.6. The summed E-state index contributed by atoms with van der Waals surface area (Å²) in [5, 5.41) is 10.4. The van der Waals surface area contributed by atoms with Gasteiger partial charge >= 0.3 is 0 Å². The molecule has 0 amide bonds. The quantitative estimate of drug-likeness (QED) is 0.625. The molecule has 0 radical (unpaired) electrons. The summed E-state index contributed by atoms with van der Waals surface area (Å²) in [4.78, 5) is 9.95. The van der Waals surface area contributed by atoms with Gasteiger partial charge in [-0.15, -0.1) is 0 Å². The summed E-state index contributed by atoms with van der Waals surface area (Å²) in [7, 11) is 0. The molecule has 1 aliphatic heterocycles. The highest BCUT2D eigenvalue weighted by molar-refractivity contribution is 5.34. The van der Waals surface area contributed by atoms with E-state index >= 15 is 0 Å². The number of allylic oxidation sites excluding steroid dienone is 1. The van der Waals surface area contributed by atoms with Crippen LogP contribution in [0.4, 0.5) is 0 Å². The summed E-state index contributed by atoms with van der Waals surface area (Å²) in [6.45, 7) is 7.81. The maximum Gasteiger partial charge on any atom is 0.230 e. The van der Waals surface area contributed by atoms with Gasteiger partial charge in [-0.2, -0.15) is 0 Å². The number of rotatable bonds is 4. The molecule has 0 unspecified atom stereocenters. The normalized spacial score (nSPS) is 17.9. The van der Waals surface area contributed by atoms with Gasteiger partial charge in [0.1, 0.15) is 0 Å². The highest BCUT2D eigenvalue weighted by Gasteiger charge is 2.39. The second kappa shape index (κ2) is 5.37. The smallest absolute Gasteiger partial charge is 0.230 e. The van der Waals surface area contributed by atoms with Gasteiger partial charge in [-0.3, -0.25) is 10.1 Å². The molecule has 0 N–H and O–H groups in total. The van der Waals surface area contributed by atoms with Gasteiger partial charge < -0.3 is 4.74 Å². The van der Waals surface area contributed by atoms with Gasteiger partial charge in [0, 0.05) is 5.41 Å². The van der Waals surface area contributed by atoms with Crippen molar-refractivity contribution in [3.63, 3.8) is 0 Å². The summed E-state index contributed by atoms with van der Waals surface area (Å²) in [6.07, 6.45) is 3.28. The number of ether oxygens (including phenoxy) is 1. The lowest BCUT2D eigenvalue weighted by molar-refractivity contribution is -0.402. The van der Waals surface area contributed by atoms with Crippen LogP contribution < -0.4 is 0 Å². The molecule has 1 aromatic rings. The van der Waals surface area contributed by atoms with Crippen LogP contribution in [0.3, 0.4) is 0 Å². The van der Waals surface area contributed by atoms with E-state index < -0.39 is 4.92 Å². The highest BCUT2D eigenvalue weighted by Crippen LogP contribution is 2.37. The predicted octanol–water partition coefficient (Wildman–Crippen LogP) is 3.43. The van der Waals surface area contributed by atoms with Crippen molar-refractivity contribution in [1.82, 2.24) is 0 Å². The maximum atomic E-state index is 10.4. The molecule has 1 fully saturated rings. The lowest BCUT2D eigenvalue weighted by Gasteiger charge is -2.41. The van der Waals surface area contributed by atoms with Gasteiger partial charge in [-0.05, 0) is 29.0 Å². The van der Waals surface area contributed by atoms with Gasteiger partial charge in [-0.25, -0.2) is 0 Å². The molecule has 20 heavy (non-hydrogen) atoms. The zero-order chi connectivity index (χ0) is 14.8. The Balaban J connectivity index is 2.17. The monoisotopic (exact) mass is 275 g/mol. The zero-order valence-electron chi connectivity index (χ0n) is 12.3. The molecule has 2 rings (SSSR count). The van der Waals surface area contributed by atoms with E-state index in [1.54, 1.807) is 6.08 Å². The first-order valence-corrected chi connectivity index (χ1v) is 6.82. The number of hydrogen-bond donors (Lipinski definition) is 0. The number of benzene rings is 1. The topological polar surface area (TPSA) is 52.4 Å². The van der Waals surface area contributed by atoms with Gasteiger partial charge in [0.15, 0.2) is 0 Å². The third kappa shape index (κ3) is 3.07. The van der Waals surface area contributed by atoms with E-state index in [-0.39, 0.29) is 10.8 Å². The van der Waals surface area contributed by atoms with Crippen molar-refractivity contribution in [1.29, 1.82) is 0 Å². The first kappa shape index (κ1) is 14.7. The van der Waals surface area contributed by atoms with E-state index in [2.05, 4.69) is 45.0 Å². The van der Waals surface area contributed by atoms with Crippen LogP contribution in [0.5, 0.6) is 0 Å². The van der Waals surface area contributed by atoms with Crippen molar-refractivity contribution in [2.75, 3.05) is 13.2 Å². The van der Waals surface area contributed by atoms with E-state index in [1.807, 2.05) is 0 Å². The first-order chi connectivity index (χ1) is 9.33. The van der Waals surface area contributed by atoms with E-state index in [9.17, 15) is 10.1 Å². The first-order valence-electron chi connectivity index (χ1n) is 6.82.